The number of rotatable bonds is 4. The fourth-order valence-corrected chi connectivity index (χ4v) is 3.43. The van der Waals surface area contributed by atoms with Crippen LogP contribution >= 0.6 is 11.6 Å². The summed E-state index contributed by atoms with van der Waals surface area (Å²) in [5.41, 5.74) is 14.3. The zero-order valence-electron chi connectivity index (χ0n) is 15.0. The SMILES string of the molecule is Cn1nnc2c(Nc3ccc(N)c(Cl)c3)nc(NC3CCC(N)CC3)nc21. The summed E-state index contributed by atoms with van der Waals surface area (Å²) in [4.78, 5) is 9.20. The number of nitrogens with one attached hydrogen (secondary N) is 2. The number of nitrogen functional groups attached to an aromatic ring is 1. The van der Waals surface area contributed by atoms with Crippen LogP contribution in [0.1, 0.15) is 25.7 Å². The first-order valence-corrected chi connectivity index (χ1v) is 9.29. The minimum absolute atomic E-state index is 0.292. The number of aromatic nitrogens is 5. The number of nitrogens with zero attached hydrogens (tertiary/aromatic N) is 5. The maximum absolute atomic E-state index is 6.12. The van der Waals surface area contributed by atoms with E-state index in [2.05, 4.69) is 30.9 Å². The summed E-state index contributed by atoms with van der Waals surface area (Å²) < 4.78 is 1.63. The number of aryl methyl sites for hydroxylation is 1. The number of anilines is 4. The monoisotopic (exact) mass is 387 g/mol. The summed E-state index contributed by atoms with van der Waals surface area (Å²) in [7, 11) is 1.80. The molecule has 0 spiro atoms. The molecule has 142 valence electrons. The van der Waals surface area contributed by atoms with Crippen molar-refractivity contribution in [2.24, 2.45) is 12.8 Å². The lowest BCUT2D eigenvalue weighted by Gasteiger charge is -2.26. The van der Waals surface area contributed by atoms with Gasteiger partial charge in [-0.25, -0.2) is 4.68 Å². The minimum atomic E-state index is 0.292. The number of halogens is 1. The minimum Gasteiger partial charge on any atom is -0.398 e. The second-order valence-corrected chi connectivity index (χ2v) is 7.31. The Kier molecular flexibility index (Phi) is 4.71. The van der Waals surface area contributed by atoms with Crippen LogP contribution in [0.4, 0.5) is 23.1 Å². The highest BCUT2D eigenvalue weighted by Crippen LogP contribution is 2.28. The number of hydrogen-bond donors (Lipinski definition) is 4. The highest BCUT2D eigenvalue weighted by molar-refractivity contribution is 6.33. The summed E-state index contributed by atoms with van der Waals surface area (Å²) in [6, 6.07) is 5.92. The molecule has 0 bridgehead atoms. The van der Waals surface area contributed by atoms with E-state index in [1.807, 2.05) is 6.07 Å². The van der Waals surface area contributed by atoms with Gasteiger partial charge < -0.3 is 22.1 Å². The van der Waals surface area contributed by atoms with Gasteiger partial charge in [0.1, 0.15) is 0 Å². The van der Waals surface area contributed by atoms with Gasteiger partial charge in [0.05, 0.1) is 10.7 Å². The summed E-state index contributed by atoms with van der Waals surface area (Å²) >= 11 is 6.12. The molecule has 2 aromatic heterocycles. The summed E-state index contributed by atoms with van der Waals surface area (Å²) in [5, 5.41) is 15.4. The maximum atomic E-state index is 6.12. The van der Waals surface area contributed by atoms with Crippen LogP contribution in [0.2, 0.25) is 5.02 Å². The Morgan fingerprint density at radius 1 is 1.19 bits per heavy atom. The van der Waals surface area contributed by atoms with Crippen LogP contribution in [0.3, 0.4) is 0 Å². The molecule has 0 amide bonds. The molecule has 1 aromatic carbocycles. The average molecular weight is 388 g/mol. The van der Waals surface area contributed by atoms with E-state index in [0.29, 0.717) is 45.7 Å². The zero-order valence-corrected chi connectivity index (χ0v) is 15.7. The smallest absolute Gasteiger partial charge is 0.227 e. The van der Waals surface area contributed by atoms with Crippen molar-refractivity contribution in [3.8, 4) is 0 Å². The van der Waals surface area contributed by atoms with E-state index in [1.165, 1.54) is 0 Å². The molecule has 9 nitrogen and oxygen atoms in total. The fourth-order valence-electron chi connectivity index (χ4n) is 3.25. The molecule has 0 radical (unpaired) electrons. The summed E-state index contributed by atoms with van der Waals surface area (Å²) in [6.07, 6.45) is 4.01. The molecule has 0 atom stereocenters. The average Bonchev–Trinajstić information content (AvgIpc) is 3.02. The maximum Gasteiger partial charge on any atom is 0.227 e. The third-order valence-electron chi connectivity index (χ3n) is 4.82. The van der Waals surface area contributed by atoms with Crippen LogP contribution in [0.25, 0.3) is 11.2 Å². The van der Waals surface area contributed by atoms with Gasteiger partial charge in [0.25, 0.3) is 0 Å². The highest BCUT2D eigenvalue weighted by Gasteiger charge is 2.21. The van der Waals surface area contributed by atoms with Crippen LogP contribution in [-0.2, 0) is 7.05 Å². The molecular formula is C17H22ClN9. The second kappa shape index (κ2) is 7.16. The standard InChI is InChI=1S/C17H22ClN9/c1-27-16-14(25-26-27)15(21-11-6-7-13(20)12(18)8-11)23-17(24-16)22-10-4-2-9(19)3-5-10/h6-10H,2-5,19-20H2,1H3,(H2,21,22,23,24). The molecule has 6 N–H and O–H groups in total. The van der Waals surface area contributed by atoms with Crippen molar-refractivity contribution in [3.05, 3.63) is 23.2 Å². The van der Waals surface area contributed by atoms with Gasteiger partial charge in [-0.1, -0.05) is 16.8 Å². The van der Waals surface area contributed by atoms with E-state index in [9.17, 15) is 0 Å². The number of fused-ring (bicyclic) bond motifs is 1. The van der Waals surface area contributed by atoms with Crippen LogP contribution in [0.5, 0.6) is 0 Å². The third-order valence-corrected chi connectivity index (χ3v) is 5.15. The van der Waals surface area contributed by atoms with Crippen molar-refractivity contribution in [1.29, 1.82) is 0 Å². The zero-order chi connectivity index (χ0) is 19.0. The Bertz CT molecular complexity index is 962. The van der Waals surface area contributed by atoms with Crippen molar-refractivity contribution >= 4 is 45.9 Å². The van der Waals surface area contributed by atoms with Gasteiger partial charge in [-0.3, -0.25) is 0 Å². The summed E-state index contributed by atoms with van der Waals surface area (Å²) in [5.74, 6) is 1.10. The van der Waals surface area contributed by atoms with E-state index in [-0.39, 0.29) is 0 Å². The predicted molar refractivity (Wildman–Crippen MR) is 107 cm³/mol. The lowest BCUT2D eigenvalue weighted by Crippen LogP contribution is -2.33. The van der Waals surface area contributed by atoms with Gasteiger partial charge in [-0.15, -0.1) is 5.10 Å². The Hall–Kier alpha value is -2.65. The quantitative estimate of drug-likeness (QED) is 0.501. The molecule has 2 heterocycles. The molecule has 4 rings (SSSR count). The van der Waals surface area contributed by atoms with Gasteiger partial charge in [-0.05, 0) is 43.9 Å². The molecule has 0 aliphatic heterocycles. The van der Waals surface area contributed by atoms with E-state index in [4.69, 9.17) is 23.1 Å². The third kappa shape index (κ3) is 3.74. The van der Waals surface area contributed by atoms with E-state index in [1.54, 1.807) is 23.9 Å². The molecule has 0 unspecified atom stereocenters. The highest BCUT2D eigenvalue weighted by atomic mass is 35.5. The molecule has 27 heavy (non-hydrogen) atoms. The number of hydrogen-bond acceptors (Lipinski definition) is 8. The Morgan fingerprint density at radius 2 is 1.96 bits per heavy atom. The molecule has 10 heteroatoms. The van der Waals surface area contributed by atoms with Gasteiger partial charge in [0.2, 0.25) is 5.95 Å². The van der Waals surface area contributed by atoms with E-state index in [0.717, 1.165) is 31.4 Å². The molecule has 1 aliphatic carbocycles. The first-order valence-electron chi connectivity index (χ1n) is 8.91. The second-order valence-electron chi connectivity index (χ2n) is 6.90. The molecule has 0 saturated heterocycles. The molecule has 1 fully saturated rings. The van der Waals surface area contributed by atoms with Gasteiger partial charge in [0, 0.05) is 24.8 Å². The normalized spacial score (nSPS) is 20.0. The number of benzene rings is 1. The molecular weight excluding hydrogens is 366 g/mol. The number of nitrogens with two attached hydrogens (primary N) is 2. The molecule has 1 aliphatic rings. The summed E-state index contributed by atoms with van der Waals surface area (Å²) in [6.45, 7) is 0. The van der Waals surface area contributed by atoms with E-state index < -0.39 is 0 Å². The first-order chi connectivity index (χ1) is 13.0. The van der Waals surface area contributed by atoms with Gasteiger partial charge in [-0.2, -0.15) is 9.97 Å². The Morgan fingerprint density at radius 3 is 2.70 bits per heavy atom. The van der Waals surface area contributed by atoms with Crippen molar-refractivity contribution < 1.29 is 0 Å². The fraction of sp³-hybridized carbons (Fsp3) is 0.412. The van der Waals surface area contributed by atoms with Crippen molar-refractivity contribution in [3.63, 3.8) is 0 Å². The topological polar surface area (TPSA) is 133 Å². The lowest BCUT2D eigenvalue weighted by molar-refractivity contribution is 0.410. The largest absolute Gasteiger partial charge is 0.398 e. The predicted octanol–water partition coefficient (Wildman–Crippen LogP) is 2.42. The van der Waals surface area contributed by atoms with Crippen LogP contribution in [0, 0.1) is 0 Å². The van der Waals surface area contributed by atoms with Crippen molar-refractivity contribution in [1.82, 2.24) is 25.0 Å². The van der Waals surface area contributed by atoms with Gasteiger partial charge >= 0.3 is 0 Å². The lowest BCUT2D eigenvalue weighted by atomic mass is 9.92. The van der Waals surface area contributed by atoms with Gasteiger partial charge in [0.15, 0.2) is 17.0 Å². The van der Waals surface area contributed by atoms with Crippen molar-refractivity contribution in [2.45, 2.75) is 37.8 Å². The van der Waals surface area contributed by atoms with Crippen LogP contribution in [-0.4, -0.2) is 37.0 Å². The van der Waals surface area contributed by atoms with E-state index >= 15 is 0 Å². The first kappa shape index (κ1) is 17.7. The Labute approximate surface area is 161 Å². The molecule has 1 saturated carbocycles. The van der Waals surface area contributed by atoms with Crippen LogP contribution in [0.15, 0.2) is 18.2 Å². The van der Waals surface area contributed by atoms with Crippen molar-refractivity contribution in [2.75, 3.05) is 16.4 Å². The Balaban J connectivity index is 1.65. The van der Waals surface area contributed by atoms with Crippen LogP contribution < -0.4 is 22.1 Å². The molecule has 3 aromatic rings.